The Morgan fingerprint density at radius 1 is 1.00 bits per heavy atom. The molecular formula is C24H39ClN2O. The number of hydrogen-bond acceptors (Lipinski definition) is 3. The Balaban J connectivity index is 0.00000280. The largest absolute Gasteiger partial charge is 0.369 e. The van der Waals surface area contributed by atoms with Crippen LogP contribution in [0.25, 0.3) is 0 Å². The molecule has 1 aromatic carbocycles. The number of halogens is 1. The Kier molecular flexibility index (Phi) is 7.61. The lowest BCUT2D eigenvalue weighted by Crippen LogP contribution is -2.48. The summed E-state index contributed by atoms with van der Waals surface area (Å²) in [6.45, 7) is 16.4. The summed E-state index contributed by atoms with van der Waals surface area (Å²) in [5.74, 6) is 0.996. The second-order valence-corrected chi connectivity index (χ2v) is 10.3. The highest BCUT2D eigenvalue weighted by Crippen LogP contribution is 2.53. The van der Waals surface area contributed by atoms with E-state index in [2.05, 4.69) is 61.8 Å². The first-order chi connectivity index (χ1) is 12.7. The third-order valence-corrected chi connectivity index (χ3v) is 6.44. The van der Waals surface area contributed by atoms with Crippen molar-refractivity contribution in [2.24, 2.45) is 10.8 Å². The van der Waals surface area contributed by atoms with E-state index >= 15 is 0 Å². The van der Waals surface area contributed by atoms with Crippen LogP contribution in [0.15, 0.2) is 24.3 Å². The number of carbonyl (C=O) groups is 1. The van der Waals surface area contributed by atoms with Crippen molar-refractivity contribution in [3.05, 3.63) is 29.8 Å². The summed E-state index contributed by atoms with van der Waals surface area (Å²) < 4.78 is 0. The first-order valence-corrected chi connectivity index (χ1v) is 10.8. The fourth-order valence-electron chi connectivity index (χ4n) is 5.69. The van der Waals surface area contributed by atoms with Gasteiger partial charge in [-0.25, -0.2) is 0 Å². The zero-order valence-electron chi connectivity index (χ0n) is 18.5. The van der Waals surface area contributed by atoms with E-state index in [1.54, 1.807) is 0 Å². The van der Waals surface area contributed by atoms with Gasteiger partial charge in [0.05, 0.1) is 6.54 Å². The molecule has 0 radical (unpaired) electrons. The first kappa shape index (κ1) is 23.2. The second-order valence-electron chi connectivity index (χ2n) is 10.3. The molecule has 1 aliphatic heterocycles. The highest BCUT2D eigenvalue weighted by Gasteiger charge is 2.39. The maximum Gasteiger partial charge on any atom is 0.146 e. The number of ketones is 1. The van der Waals surface area contributed by atoms with Gasteiger partial charge in [-0.1, -0.05) is 52.8 Å². The van der Waals surface area contributed by atoms with E-state index in [-0.39, 0.29) is 12.4 Å². The number of Topliss-reactive ketones (excluding diaryl/α,β-unsaturated/α-hetero) is 1. The zero-order chi connectivity index (χ0) is 19.7. The summed E-state index contributed by atoms with van der Waals surface area (Å²) in [7, 11) is 0. The lowest BCUT2D eigenvalue weighted by atomic mass is 9.60. The molecule has 3 nitrogen and oxygen atoms in total. The average molecular weight is 407 g/mol. The maximum absolute atomic E-state index is 11.8. The molecule has 2 aliphatic rings. The van der Waals surface area contributed by atoms with Crippen LogP contribution in [0.2, 0.25) is 0 Å². The number of para-hydroxylation sites is 1. The minimum absolute atomic E-state index is 0. The Bertz CT molecular complexity index is 646. The molecule has 1 heterocycles. The van der Waals surface area contributed by atoms with E-state index in [0.717, 1.165) is 26.2 Å². The lowest BCUT2D eigenvalue weighted by molar-refractivity contribution is -0.119. The molecular weight excluding hydrogens is 368 g/mol. The van der Waals surface area contributed by atoms with Gasteiger partial charge in [0.15, 0.2) is 0 Å². The van der Waals surface area contributed by atoms with Crippen LogP contribution in [-0.2, 0) is 4.79 Å². The molecule has 0 bridgehead atoms. The number of piperazine rings is 1. The second kappa shape index (κ2) is 9.17. The summed E-state index contributed by atoms with van der Waals surface area (Å²) in [4.78, 5) is 16.6. The summed E-state index contributed by atoms with van der Waals surface area (Å²) in [5, 5.41) is 0. The number of hydrogen-bond donors (Lipinski definition) is 0. The minimum Gasteiger partial charge on any atom is -0.369 e. The van der Waals surface area contributed by atoms with Crippen molar-refractivity contribution in [1.29, 1.82) is 0 Å². The van der Waals surface area contributed by atoms with Crippen LogP contribution in [0, 0.1) is 10.8 Å². The number of carbonyl (C=O) groups excluding carboxylic acids is 1. The fraction of sp³-hybridized carbons (Fsp3) is 0.708. The Morgan fingerprint density at radius 3 is 2.14 bits per heavy atom. The Hall–Kier alpha value is -1.06. The van der Waals surface area contributed by atoms with Crippen LogP contribution in [0.4, 0.5) is 5.69 Å². The van der Waals surface area contributed by atoms with E-state index in [1.165, 1.54) is 30.5 Å². The minimum atomic E-state index is 0. The van der Waals surface area contributed by atoms with Gasteiger partial charge in [-0.15, -0.1) is 12.4 Å². The van der Waals surface area contributed by atoms with Gasteiger partial charge >= 0.3 is 0 Å². The third kappa shape index (κ3) is 5.73. The van der Waals surface area contributed by atoms with Crippen LogP contribution >= 0.6 is 12.4 Å². The van der Waals surface area contributed by atoms with Gasteiger partial charge in [0.2, 0.25) is 0 Å². The van der Waals surface area contributed by atoms with Crippen LogP contribution in [-0.4, -0.2) is 43.4 Å². The van der Waals surface area contributed by atoms with Crippen LogP contribution in [0.3, 0.4) is 0 Å². The van der Waals surface area contributed by atoms with Crippen molar-refractivity contribution in [1.82, 2.24) is 4.90 Å². The molecule has 0 aromatic heterocycles. The molecule has 1 saturated heterocycles. The molecule has 1 aromatic rings. The van der Waals surface area contributed by atoms with Crippen molar-refractivity contribution in [3.8, 4) is 0 Å². The molecule has 0 spiro atoms. The quantitative estimate of drug-likeness (QED) is 0.642. The molecule has 2 fully saturated rings. The van der Waals surface area contributed by atoms with Gasteiger partial charge in [0.1, 0.15) is 5.78 Å². The molecule has 158 valence electrons. The lowest BCUT2D eigenvalue weighted by Gasteiger charge is -2.46. The highest BCUT2D eigenvalue weighted by atomic mass is 35.5. The van der Waals surface area contributed by atoms with Crippen LogP contribution in [0.1, 0.15) is 71.8 Å². The zero-order valence-corrected chi connectivity index (χ0v) is 19.3. The van der Waals surface area contributed by atoms with Crippen molar-refractivity contribution in [2.45, 2.75) is 66.2 Å². The molecule has 0 unspecified atom stereocenters. The summed E-state index contributed by atoms with van der Waals surface area (Å²) >= 11 is 0. The molecule has 0 N–H and O–H groups in total. The summed E-state index contributed by atoms with van der Waals surface area (Å²) in [6, 6.07) is 9.08. The van der Waals surface area contributed by atoms with Crippen LogP contribution in [0.5, 0.6) is 0 Å². The molecule has 3 rings (SSSR count). The Morgan fingerprint density at radius 2 is 1.57 bits per heavy atom. The SMILES string of the molecule is CCC(=O)CN1CCN(c2ccccc2C2CC(C)(C)CC(C)(C)C2)CC1.Cl. The molecule has 0 atom stereocenters. The van der Waals surface area contributed by atoms with E-state index < -0.39 is 0 Å². The van der Waals surface area contributed by atoms with Crippen LogP contribution < -0.4 is 4.90 Å². The topological polar surface area (TPSA) is 23.6 Å². The van der Waals surface area contributed by atoms with E-state index in [9.17, 15) is 4.79 Å². The predicted octanol–water partition coefficient (Wildman–Crippen LogP) is 5.53. The Labute approximate surface area is 178 Å². The van der Waals surface area contributed by atoms with E-state index in [1.807, 2.05) is 6.92 Å². The molecule has 4 heteroatoms. The van der Waals surface area contributed by atoms with Gasteiger partial charge < -0.3 is 4.90 Å². The van der Waals surface area contributed by atoms with Crippen molar-refractivity contribution < 1.29 is 4.79 Å². The summed E-state index contributed by atoms with van der Waals surface area (Å²) in [6.07, 6.45) is 4.51. The monoisotopic (exact) mass is 406 g/mol. The van der Waals surface area contributed by atoms with Gasteiger partial charge in [0, 0.05) is 38.3 Å². The third-order valence-electron chi connectivity index (χ3n) is 6.44. The fourth-order valence-corrected chi connectivity index (χ4v) is 5.69. The van der Waals surface area contributed by atoms with Gasteiger partial charge in [-0.2, -0.15) is 0 Å². The number of benzene rings is 1. The first-order valence-electron chi connectivity index (χ1n) is 10.8. The summed E-state index contributed by atoms with van der Waals surface area (Å²) in [5.41, 5.74) is 3.77. The molecule has 28 heavy (non-hydrogen) atoms. The molecule has 0 amide bonds. The van der Waals surface area contributed by atoms with Crippen molar-refractivity contribution >= 4 is 23.9 Å². The number of nitrogens with zero attached hydrogens (tertiary/aromatic N) is 2. The van der Waals surface area contributed by atoms with Gasteiger partial charge in [0.25, 0.3) is 0 Å². The van der Waals surface area contributed by atoms with E-state index in [0.29, 0.717) is 35.5 Å². The van der Waals surface area contributed by atoms with Gasteiger partial charge in [-0.3, -0.25) is 9.69 Å². The maximum atomic E-state index is 11.8. The number of anilines is 1. The molecule has 1 aliphatic carbocycles. The predicted molar refractivity (Wildman–Crippen MR) is 122 cm³/mol. The molecule has 1 saturated carbocycles. The van der Waals surface area contributed by atoms with E-state index in [4.69, 9.17) is 0 Å². The normalized spacial score (nSPS) is 22.5. The van der Waals surface area contributed by atoms with Crippen molar-refractivity contribution in [2.75, 3.05) is 37.6 Å². The highest BCUT2D eigenvalue weighted by molar-refractivity contribution is 5.85. The van der Waals surface area contributed by atoms with Crippen molar-refractivity contribution in [3.63, 3.8) is 0 Å². The average Bonchev–Trinajstić information content (AvgIpc) is 2.59. The standard InChI is InChI=1S/C24H38N2O.ClH/c1-6-20(27)17-25-11-13-26(14-12-25)22-10-8-7-9-21(22)19-15-23(2,3)18-24(4,5)16-19;/h7-10,19H,6,11-18H2,1-5H3;1H. The van der Waals surface area contributed by atoms with Gasteiger partial charge in [-0.05, 0) is 47.6 Å². The smallest absolute Gasteiger partial charge is 0.146 e. The number of rotatable bonds is 5.